The molecule has 0 bridgehead atoms. The quantitative estimate of drug-likeness (QED) is 0.0564. The maximum Gasteiger partial charge on any atom is 0.352 e. The van der Waals surface area contributed by atoms with E-state index in [1.54, 1.807) is 0 Å². The highest BCUT2D eigenvalue weighted by atomic mass is 32.2. The molecular weight excluding hydrogens is 601 g/mol. The molecule has 2 aliphatic heterocycles. The van der Waals surface area contributed by atoms with Crippen molar-refractivity contribution in [2.45, 2.75) is 23.1 Å². The van der Waals surface area contributed by atoms with E-state index in [1.165, 1.54) is 28.9 Å². The highest BCUT2D eigenvalue weighted by Gasteiger charge is 2.54. The first-order chi connectivity index (χ1) is 18.5. The van der Waals surface area contributed by atoms with E-state index in [0.29, 0.717) is 5.57 Å². The van der Waals surface area contributed by atoms with Gasteiger partial charge in [-0.3, -0.25) is 19.0 Å². The molecule has 0 aromatic carbocycles. The number of nitrogens with two attached hydrogens (primary N) is 1. The van der Waals surface area contributed by atoms with Crippen molar-refractivity contribution in [2.24, 2.45) is 5.16 Å². The number of anilines is 1. The number of hydrogen-bond acceptors (Lipinski definition) is 15. The number of nitrogens with one attached hydrogen (secondary N) is 2. The minimum absolute atomic E-state index is 0.00459. The zero-order valence-electron chi connectivity index (χ0n) is 19.7. The average molecular weight is 621 g/mol. The summed E-state index contributed by atoms with van der Waals surface area (Å²) in [5.74, 6) is -2.31. The molecule has 18 nitrogen and oxygen atoms in total. The molecule has 2 unspecified atom stereocenters. The summed E-state index contributed by atoms with van der Waals surface area (Å²) < 4.78 is 33.6. The van der Waals surface area contributed by atoms with Gasteiger partial charge in [-0.2, -0.15) is 13.1 Å². The van der Waals surface area contributed by atoms with Gasteiger partial charge in [-0.05, 0) is 16.0 Å². The highest BCUT2D eigenvalue weighted by molar-refractivity contribution is 8.01. The second-order valence-corrected chi connectivity index (χ2v) is 11.8. The number of hydrogen-bond donors (Lipinski definition) is 5. The minimum Gasteiger partial charge on any atom is -0.477 e. The maximum atomic E-state index is 13.0. The molecule has 2 aromatic rings. The molecule has 2 aromatic heterocycles. The van der Waals surface area contributed by atoms with Crippen LogP contribution >= 0.6 is 34.9 Å². The first-order valence-electron chi connectivity index (χ1n) is 10.6. The Labute approximate surface area is 232 Å². The summed E-state index contributed by atoms with van der Waals surface area (Å²) >= 11 is 3.45. The molecule has 6 N–H and O–H groups in total. The number of thioether (sulfide) groups is 2. The molecule has 0 saturated carbocycles. The fourth-order valence-corrected chi connectivity index (χ4v) is 6.85. The van der Waals surface area contributed by atoms with Gasteiger partial charge >= 0.3 is 16.3 Å². The van der Waals surface area contributed by atoms with Gasteiger partial charge in [0, 0.05) is 23.4 Å². The van der Waals surface area contributed by atoms with Crippen molar-refractivity contribution in [1.82, 2.24) is 40.1 Å². The predicted molar refractivity (Wildman–Crippen MR) is 138 cm³/mol. The fourth-order valence-electron chi connectivity index (χ4n) is 3.57. The van der Waals surface area contributed by atoms with E-state index >= 15 is 0 Å². The van der Waals surface area contributed by atoms with Crippen molar-refractivity contribution in [3.63, 3.8) is 0 Å². The number of carbonyl (C=O) groups excluding carboxylic acids is 2. The van der Waals surface area contributed by atoms with E-state index < -0.39 is 39.5 Å². The van der Waals surface area contributed by atoms with E-state index in [9.17, 15) is 27.9 Å². The van der Waals surface area contributed by atoms with Gasteiger partial charge in [0.2, 0.25) is 5.16 Å². The normalized spacial score (nSPS) is 19.5. The van der Waals surface area contributed by atoms with Crippen LogP contribution in [0.1, 0.15) is 5.69 Å². The van der Waals surface area contributed by atoms with E-state index in [1.807, 2.05) is 4.72 Å². The molecule has 2 aliphatic rings. The molecule has 4 rings (SSSR count). The molecule has 2 amide bonds. The third-order valence-electron chi connectivity index (χ3n) is 5.18. The molecule has 210 valence electrons. The molecule has 2 atom stereocenters. The van der Waals surface area contributed by atoms with Crippen molar-refractivity contribution in [1.29, 1.82) is 0 Å². The van der Waals surface area contributed by atoms with Gasteiger partial charge in [-0.25, -0.2) is 14.5 Å². The second kappa shape index (κ2) is 11.8. The molecule has 39 heavy (non-hydrogen) atoms. The number of fused-ring (bicyclic) bond motifs is 1. The number of rotatable bonds is 12. The molecule has 0 radical (unpaired) electrons. The Morgan fingerprint density at radius 2 is 2.18 bits per heavy atom. The van der Waals surface area contributed by atoms with Gasteiger partial charge in [0.15, 0.2) is 10.8 Å². The number of aromatic nitrogens is 5. The third kappa shape index (κ3) is 6.47. The highest BCUT2D eigenvalue weighted by Crippen LogP contribution is 2.41. The molecular formula is C17H20N10O8S4. The number of thiazole rings is 1. The number of carbonyl (C=O) groups is 3. The summed E-state index contributed by atoms with van der Waals surface area (Å²) in [6.45, 7) is -0.176. The zero-order valence-corrected chi connectivity index (χ0v) is 23.0. The Balaban J connectivity index is 1.44. The van der Waals surface area contributed by atoms with E-state index in [4.69, 9.17) is 15.1 Å². The van der Waals surface area contributed by atoms with Crippen LogP contribution in [-0.2, 0) is 36.1 Å². The Hall–Kier alpha value is -3.31. The van der Waals surface area contributed by atoms with Crippen LogP contribution in [0, 0.1) is 0 Å². The largest absolute Gasteiger partial charge is 0.477 e. The molecule has 1 fully saturated rings. The fraction of sp³-hybridized carbons (Fsp3) is 0.412. The third-order valence-corrected chi connectivity index (χ3v) is 8.81. The Morgan fingerprint density at radius 3 is 2.82 bits per heavy atom. The van der Waals surface area contributed by atoms with Crippen molar-refractivity contribution in [2.75, 3.05) is 30.9 Å². The van der Waals surface area contributed by atoms with Crippen LogP contribution in [0.4, 0.5) is 5.13 Å². The number of carboxylic acids is 1. The lowest BCUT2D eigenvalue weighted by Crippen LogP contribution is -2.71. The molecule has 22 heteroatoms. The molecule has 0 aliphatic carbocycles. The van der Waals surface area contributed by atoms with Gasteiger partial charge in [0.1, 0.15) is 29.9 Å². The molecule has 0 spiro atoms. The summed E-state index contributed by atoms with van der Waals surface area (Å²) in [5, 5.41) is 28.6. The van der Waals surface area contributed by atoms with Gasteiger partial charge < -0.3 is 21.0 Å². The van der Waals surface area contributed by atoms with Crippen LogP contribution in [0.2, 0.25) is 0 Å². The number of tetrazole rings is 1. The molecule has 1 saturated heterocycles. The van der Waals surface area contributed by atoms with Gasteiger partial charge in [0.25, 0.3) is 11.8 Å². The van der Waals surface area contributed by atoms with Crippen molar-refractivity contribution in [3.05, 3.63) is 22.3 Å². The van der Waals surface area contributed by atoms with Crippen LogP contribution in [0.25, 0.3) is 0 Å². The van der Waals surface area contributed by atoms with Crippen LogP contribution in [0.3, 0.4) is 0 Å². The van der Waals surface area contributed by atoms with Crippen molar-refractivity contribution in [3.8, 4) is 0 Å². The number of oxime groups is 1. The Kier molecular flexibility index (Phi) is 8.70. The summed E-state index contributed by atoms with van der Waals surface area (Å²) in [4.78, 5) is 47.8. The summed E-state index contributed by atoms with van der Waals surface area (Å²) in [7, 11) is -3.13. The monoisotopic (exact) mass is 620 g/mol. The maximum absolute atomic E-state index is 13.0. The first kappa shape index (κ1) is 28.7. The van der Waals surface area contributed by atoms with E-state index in [0.717, 1.165) is 28.0 Å². The standard InChI is InChI=1S/C17H20N10O8S4/c1-35-23-9(8-6-37-16(18)20-8)12(28)21-10-13(29)27-11(15(30)31)7(4-36-14(10)27)5-38-17-22-24-25-26(17)3-2-19-39(32,33)34/h6,10,14,19H,2-5H2,1H3,(H2,18,20)(H,21,28)(H,30,31)(H,32,33,34). The van der Waals surface area contributed by atoms with E-state index in [-0.39, 0.29) is 52.0 Å². The van der Waals surface area contributed by atoms with E-state index in [2.05, 4.69) is 31.0 Å². The van der Waals surface area contributed by atoms with Crippen LogP contribution in [-0.4, -0.2) is 108 Å². The number of aliphatic carboxylic acids is 1. The Morgan fingerprint density at radius 1 is 1.41 bits per heavy atom. The van der Waals surface area contributed by atoms with Crippen molar-refractivity contribution < 1.29 is 37.3 Å². The summed E-state index contributed by atoms with van der Waals surface area (Å²) in [6, 6.07) is -1.01. The first-order valence-corrected chi connectivity index (χ1v) is 15.0. The SMILES string of the molecule is CON=C(C(=O)NC1C(=O)N2C(C(=O)O)=C(CSc3nnnn3CCNS(=O)(=O)O)CSC12)c1csc(N)n1. The number of nitrogen functional groups attached to an aromatic ring is 1. The smallest absolute Gasteiger partial charge is 0.352 e. The van der Waals surface area contributed by atoms with Gasteiger partial charge in [0.05, 0.1) is 6.54 Å². The lowest BCUT2D eigenvalue weighted by Gasteiger charge is -2.49. The van der Waals surface area contributed by atoms with Gasteiger partial charge in [-0.15, -0.1) is 28.2 Å². The predicted octanol–water partition coefficient (Wildman–Crippen LogP) is -2.01. The van der Waals surface area contributed by atoms with Crippen molar-refractivity contribution >= 4 is 73.8 Å². The zero-order chi connectivity index (χ0) is 28.3. The van der Waals surface area contributed by atoms with Crippen LogP contribution in [0.15, 0.2) is 27.0 Å². The lowest BCUT2D eigenvalue weighted by molar-refractivity contribution is -0.150. The second-order valence-electron chi connectivity index (χ2n) is 7.65. The summed E-state index contributed by atoms with van der Waals surface area (Å²) in [6.07, 6.45) is 0. The number of nitrogens with zero attached hydrogens (tertiary/aromatic N) is 7. The Bertz CT molecular complexity index is 1450. The summed E-state index contributed by atoms with van der Waals surface area (Å²) in [5.41, 5.74) is 5.83. The average Bonchev–Trinajstić information content (AvgIpc) is 3.51. The number of carboxylic acid groups (broad SMARTS) is 1. The lowest BCUT2D eigenvalue weighted by atomic mass is 10.0. The van der Waals surface area contributed by atoms with Gasteiger partial charge in [-0.1, -0.05) is 16.9 Å². The number of β-lactam (4-membered cyclic amide) rings is 1. The van der Waals surface area contributed by atoms with Crippen LogP contribution < -0.4 is 15.8 Å². The molecule has 4 heterocycles. The van der Waals surface area contributed by atoms with Crippen LogP contribution in [0.5, 0.6) is 0 Å². The minimum atomic E-state index is -4.38. The number of amides is 2. The topological polar surface area (TPSA) is 257 Å².